The summed E-state index contributed by atoms with van der Waals surface area (Å²) in [6, 6.07) is 8.75. The number of aliphatic carboxylic acids is 1. The number of ether oxygens (including phenoxy) is 2. The number of non-ortho nitro benzene ring substituents is 1. The summed E-state index contributed by atoms with van der Waals surface area (Å²) in [5.74, 6) is -1.01. The van der Waals surface area contributed by atoms with Crippen molar-refractivity contribution in [3.05, 3.63) is 62.1 Å². The van der Waals surface area contributed by atoms with Gasteiger partial charge in [0, 0.05) is 12.1 Å². The van der Waals surface area contributed by atoms with Gasteiger partial charge in [-0.2, -0.15) is 10.1 Å². The van der Waals surface area contributed by atoms with Crippen LogP contribution in [0.25, 0.3) is 6.08 Å². The molecule has 2 aromatic carbocycles. The summed E-state index contributed by atoms with van der Waals surface area (Å²) in [5.41, 5.74) is 1.69. The van der Waals surface area contributed by atoms with E-state index in [1.807, 2.05) is 0 Å². The van der Waals surface area contributed by atoms with Crippen molar-refractivity contribution in [2.75, 3.05) is 18.7 Å². The maximum absolute atomic E-state index is 12.9. The Morgan fingerprint density at radius 3 is 2.58 bits per heavy atom. The number of nitro groups is 1. The van der Waals surface area contributed by atoms with Crippen LogP contribution in [0.2, 0.25) is 0 Å². The number of benzene rings is 2. The van der Waals surface area contributed by atoms with E-state index in [9.17, 15) is 19.7 Å². The SMILES string of the molecule is COc1cc(/C=C2/C(=O)N(c3ccc([N+](=O)[O-])cc3)N=C2C)cc(Br)c1OCC(=O)O. The van der Waals surface area contributed by atoms with E-state index in [1.54, 1.807) is 25.1 Å². The topological polar surface area (TPSA) is 132 Å². The maximum atomic E-state index is 12.9. The number of nitrogens with zero attached hydrogens (tertiary/aromatic N) is 3. The fourth-order valence-corrected chi connectivity index (χ4v) is 3.41. The first-order chi connectivity index (χ1) is 14.7. The van der Waals surface area contributed by atoms with Crippen molar-refractivity contribution in [2.45, 2.75) is 6.92 Å². The van der Waals surface area contributed by atoms with Gasteiger partial charge in [0.1, 0.15) is 0 Å². The molecule has 1 aliphatic heterocycles. The van der Waals surface area contributed by atoms with Crippen LogP contribution in [0.1, 0.15) is 12.5 Å². The number of carbonyl (C=O) groups excluding carboxylic acids is 1. The predicted molar refractivity (Wildman–Crippen MR) is 115 cm³/mol. The smallest absolute Gasteiger partial charge is 0.341 e. The first-order valence-electron chi connectivity index (χ1n) is 8.79. The number of carbonyl (C=O) groups is 2. The Kier molecular flexibility index (Phi) is 6.35. The zero-order valence-corrected chi connectivity index (χ0v) is 18.0. The Hall–Kier alpha value is -3.73. The Bertz CT molecular complexity index is 1130. The normalized spacial score (nSPS) is 14.5. The van der Waals surface area contributed by atoms with Crippen molar-refractivity contribution in [3.8, 4) is 11.5 Å². The van der Waals surface area contributed by atoms with Crippen molar-refractivity contribution in [3.63, 3.8) is 0 Å². The summed E-state index contributed by atoms with van der Waals surface area (Å²) in [7, 11) is 1.41. The number of nitro benzene ring substituents is 1. The monoisotopic (exact) mass is 489 g/mol. The molecule has 0 saturated carbocycles. The molecular weight excluding hydrogens is 474 g/mol. The van der Waals surface area contributed by atoms with E-state index < -0.39 is 23.4 Å². The van der Waals surface area contributed by atoms with Crippen LogP contribution in [0, 0.1) is 10.1 Å². The van der Waals surface area contributed by atoms with Crippen molar-refractivity contribution in [2.24, 2.45) is 5.10 Å². The standard InChI is InChI=1S/C20H16BrN3O7/c1-11-15(20(27)23(22-11)13-3-5-14(6-4-13)24(28)29)7-12-8-16(21)19(17(9-12)30-2)31-10-18(25)26/h3-9H,10H2,1-2H3,(H,25,26)/b15-7+. The lowest BCUT2D eigenvalue weighted by atomic mass is 10.1. The Morgan fingerprint density at radius 1 is 1.32 bits per heavy atom. The third kappa shape index (κ3) is 4.72. The molecule has 0 atom stereocenters. The quantitative estimate of drug-likeness (QED) is 0.356. The third-order valence-corrected chi connectivity index (χ3v) is 4.86. The number of amides is 1. The second-order valence-corrected chi connectivity index (χ2v) is 7.20. The molecule has 0 aromatic heterocycles. The summed E-state index contributed by atoms with van der Waals surface area (Å²) < 4.78 is 11.0. The number of halogens is 1. The average Bonchev–Trinajstić information content (AvgIpc) is 3.00. The van der Waals surface area contributed by atoms with Crippen LogP contribution in [-0.2, 0) is 9.59 Å². The van der Waals surface area contributed by atoms with Crippen molar-refractivity contribution >= 4 is 51.0 Å². The second kappa shape index (κ2) is 8.96. The number of hydrogen-bond acceptors (Lipinski definition) is 7. The first kappa shape index (κ1) is 22.0. The summed E-state index contributed by atoms with van der Waals surface area (Å²) in [6.45, 7) is 1.13. The van der Waals surface area contributed by atoms with E-state index in [2.05, 4.69) is 21.0 Å². The van der Waals surface area contributed by atoms with Gasteiger partial charge in [-0.25, -0.2) is 4.79 Å². The second-order valence-electron chi connectivity index (χ2n) is 6.35. The van der Waals surface area contributed by atoms with Crippen LogP contribution in [0.4, 0.5) is 11.4 Å². The van der Waals surface area contributed by atoms with Gasteiger partial charge >= 0.3 is 5.97 Å². The lowest BCUT2D eigenvalue weighted by molar-refractivity contribution is -0.384. The van der Waals surface area contributed by atoms with Gasteiger partial charge in [0.25, 0.3) is 11.6 Å². The van der Waals surface area contributed by atoms with Crippen LogP contribution in [0.15, 0.2) is 51.5 Å². The zero-order chi connectivity index (χ0) is 22.7. The molecule has 0 spiro atoms. The molecule has 11 heteroatoms. The van der Waals surface area contributed by atoms with Gasteiger partial charge in [0.2, 0.25) is 0 Å². The van der Waals surface area contributed by atoms with Crippen molar-refractivity contribution < 1.29 is 29.1 Å². The number of hydrazone groups is 1. The van der Waals surface area contributed by atoms with E-state index in [0.29, 0.717) is 27.0 Å². The van der Waals surface area contributed by atoms with E-state index in [-0.39, 0.29) is 17.2 Å². The molecule has 1 amide bonds. The van der Waals surface area contributed by atoms with Gasteiger partial charge in [-0.15, -0.1) is 0 Å². The molecule has 1 aliphatic rings. The number of carboxylic acid groups (broad SMARTS) is 1. The van der Waals surface area contributed by atoms with Crippen LogP contribution in [-0.4, -0.2) is 41.3 Å². The molecule has 3 rings (SSSR count). The summed E-state index contributed by atoms with van der Waals surface area (Å²) >= 11 is 3.33. The predicted octanol–water partition coefficient (Wildman–Crippen LogP) is 3.64. The summed E-state index contributed by atoms with van der Waals surface area (Å²) in [4.78, 5) is 34.0. The number of methoxy groups -OCH3 is 1. The maximum Gasteiger partial charge on any atom is 0.341 e. The molecule has 0 aliphatic carbocycles. The molecule has 10 nitrogen and oxygen atoms in total. The Labute approximate surface area is 184 Å². The zero-order valence-electron chi connectivity index (χ0n) is 16.4. The van der Waals surface area contributed by atoms with Crippen LogP contribution < -0.4 is 14.5 Å². The minimum Gasteiger partial charge on any atom is -0.493 e. The van der Waals surface area contributed by atoms with E-state index >= 15 is 0 Å². The highest BCUT2D eigenvalue weighted by atomic mass is 79.9. The number of carboxylic acids is 1. The largest absolute Gasteiger partial charge is 0.493 e. The van der Waals surface area contributed by atoms with Crippen molar-refractivity contribution in [1.82, 2.24) is 0 Å². The van der Waals surface area contributed by atoms with Crippen molar-refractivity contribution in [1.29, 1.82) is 0 Å². The molecule has 1 heterocycles. The molecule has 2 aromatic rings. The molecule has 0 unspecified atom stereocenters. The van der Waals surface area contributed by atoms with Gasteiger partial charge in [-0.1, -0.05) is 0 Å². The molecule has 31 heavy (non-hydrogen) atoms. The molecule has 0 saturated heterocycles. The van der Waals surface area contributed by atoms with Gasteiger partial charge < -0.3 is 14.6 Å². The molecule has 1 N–H and O–H groups in total. The lowest BCUT2D eigenvalue weighted by Crippen LogP contribution is -2.21. The molecule has 0 fully saturated rings. The summed E-state index contributed by atoms with van der Waals surface area (Å²) in [5, 5.41) is 25.1. The number of hydrogen-bond donors (Lipinski definition) is 1. The minimum absolute atomic E-state index is 0.0889. The van der Waals surface area contributed by atoms with E-state index in [0.717, 1.165) is 0 Å². The fraction of sp³-hybridized carbons (Fsp3) is 0.150. The number of rotatable bonds is 7. The van der Waals surface area contributed by atoms with Gasteiger partial charge in [-0.3, -0.25) is 14.9 Å². The van der Waals surface area contributed by atoms with Gasteiger partial charge in [0.15, 0.2) is 18.1 Å². The third-order valence-electron chi connectivity index (χ3n) is 4.27. The average molecular weight is 490 g/mol. The summed E-state index contributed by atoms with van der Waals surface area (Å²) in [6.07, 6.45) is 1.61. The highest BCUT2D eigenvalue weighted by Crippen LogP contribution is 2.37. The van der Waals surface area contributed by atoms with E-state index in [1.165, 1.54) is 36.4 Å². The highest BCUT2D eigenvalue weighted by Gasteiger charge is 2.29. The molecule has 160 valence electrons. The van der Waals surface area contributed by atoms with Crippen LogP contribution >= 0.6 is 15.9 Å². The van der Waals surface area contributed by atoms with Gasteiger partial charge in [-0.05, 0) is 58.8 Å². The first-order valence-corrected chi connectivity index (χ1v) is 9.59. The van der Waals surface area contributed by atoms with Crippen LogP contribution in [0.5, 0.6) is 11.5 Å². The lowest BCUT2D eigenvalue weighted by Gasteiger charge is -2.13. The molecular formula is C20H16BrN3O7. The Balaban J connectivity index is 1.90. The number of anilines is 1. The van der Waals surface area contributed by atoms with Gasteiger partial charge in [0.05, 0.1) is 33.5 Å². The molecule has 0 bridgehead atoms. The van der Waals surface area contributed by atoms with E-state index in [4.69, 9.17) is 14.6 Å². The van der Waals surface area contributed by atoms with Crippen LogP contribution in [0.3, 0.4) is 0 Å². The fourth-order valence-electron chi connectivity index (χ4n) is 2.84. The Morgan fingerprint density at radius 2 is 2.00 bits per heavy atom. The molecule has 0 radical (unpaired) electrons. The minimum atomic E-state index is -1.13. The highest BCUT2D eigenvalue weighted by molar-refractivity contribution is 9.10.